The van der Waals surface area contributed by atoms with Crippen molar-refractivity contribution in [3.63, 3.8) is 0 Å². The minimum Gasteiger partial charge on any atom is -0.351 e. The molecule has 1 N–H and O–H groups in total. The van der Waals surface area contributed by atoms with Crippen molar-refractivity contribution in [3.05, 3.63) is 0 Å². The Morgan fingerprint density at radius 2 is 2.00 bits per heavy atom. The highest BCUT2D eigenvalue weighted by Crippen LogP contribution is 2.37. The zero-order valence-corrected chi connectivity index (χ0v) is 11.0. The number of sulfone groups is 1. The van der Waals surface area contributed by atoms with Crippen LogP contribution in [0.15, 0.2) is 0 Å². The van der Waals surface area contributed by atoms with Crippen LogP contribution in [0.5, 0.6) is 0 Å². The molecule has 0 spiro atoms. The summed E-state index contributed by atoms with van der Waals surface area (Å²) in [7, 11) is -3.12. The van der Waals surface area contributed by atoms with Crippen molar-refractivity contribution in [2.24, 2.45) is 5.41 Å². The fourth-order valence-electron chi connectivity index (χ4n) is 2.23. The van der Waals surface area contributed by atoms with E-state index in [9.17, 15) is 13.2 Å². The maximum Gasteiger partial charge on any atom is 0.240 e. The molecule has 1 rings (SSSR count). The number of nitrogens with zero attached hydrogens (tertiary/aromatic N) is 1. The van der Waals surface area contributed by atoms with Crippen LogP contribution in [0.4, 0.5) is 0 Å². The van der Waals surface area contributed by atoms with E-state index in [-0.39, 0.29) is 11.7 Å². The minimum atomic E-state index is -3.12. The number of hydrogen-bond donors (Lipinski definition) is 1. The van der Waals surface area contributed by atoms with Crippen LogP contribution in [-0.4, -0.2) is 32.4 Å². The number of hydrogen-bond acceptors (Lipinski definition) is 4. The molecule has 0 heterocycles. The lowest BCUT2D eigenvalue weighted by Gasteiger charge is -2.22. The van der Waals surface area contributed by atoms with Gasteiger partial charge < -0.3 is 5.32 Å². The third-order valence-electron chi connectivity index (χ3n) is 3.04. The van der Waals surface area contributed by atoms with E-state index < -0.39 is 21.3 Å². The van der Waals surface area contributed by atoms with Crippen LogP contribution in [0.3, 0.4) is 0 Å². The Kier molecular flexibility index (Phi) is 4.15. The van der Waals surface area contributed by atoms with Crippen molar-refractivity contribution in [1.82, 2.24) is 5.32 Å². The summed E-state index contributed by atoms with van der Waals surface area (Å²) in [6.07, 6.45) is 4.02. The summed E-state index contributed by atoms with van der Waals surface area (Å²) in [6, 6.07) is 1.63. The lowest BCUT2D eigenvalue weighted by molar-refractivity contribution is -0.128. The average molecular weight is 258 g/mol. The fraction of sp³-hybridized carbons (Fsp3) is 0.818. The van der Waals surface area contributed by atoms with Gasteiger partial charge in [-0.25, -0.2) is 8.42 Å². The molecule has 6 heteroatoms. The Hall–Kier alpha value is -1.09. The maximum absolute atomic E-state index is 12.0. The first kappa shape index (κ1) is 14.0. The minimum absolute atomic E-state index is 0.0970. The molecule has 1 aliphatic carbocycles. The van der Waals surface area contributed by atoms with E-state index in [0.29, 0.717) is 12.8 Å². The highest BCUT2D eigenvalue weighted by Gasteiger charge is 2.41. The first-order chi connectivity index (χ1) is 7.79. The van der Waals surface area contributed by atoms with Gasteiger partial charge in [0.25, 0.3) is 0 Å². The van der Waals surface area contributed by atoms with Gasteiger partial charge in [-0.15, -0.1) is 0 Å². The lowest BCUT2D eigenvalue weighted by Crippen LogP contribution is -2.45. The molecule has 0 aromatic heterocycles. The van der Waals surface area contributed by atoms with E-state index >= 15 is 0 Å². The molecule has 0 radical (unpaired) electrons. The van der Waals surface area contributed by atoms with Crippen molar-refractivity contribution in [3.8, 4) is 6.07 Å². The standard InChI is InChI=1S/C11H18N2O3S/c1-9(7-17(2,15)16)13-10(14)11(8-12)5-3-4-6-11/h9H,3-7H2,1-2H3,(H,13,14). The van der Waals surface area contributed by atoms with Crippen molar-refractivity contribution < 1.29 is 13.2 Å². The Labute approximate surface area is 102 Å². The van der Waals surface area contributed by atoms with Gasteiger partial charge >= 0.3 is 0 Å². The first-order valence-corrected chi connectivity index (χ1v) is 7.75. The molecule has 0 aromatic rings. The van der Waals surface area contributed by atoms with Crippen LogP contribution in [0, 0.1) is 16.7 Å². The normalized spacial score (nSPS) is 20.5. The van der Waals surface area contributed by atoms with Crippen molar-refractivity contribution in [2.75, 3.05) is 12.0 Å². The van der Waals surface area contributed by atoms with Crippen LogP contribution in [0.1, 0.15) is 32.6 Å². The van der Waals surface area contributed by atoms with E-state index in [1.807, 2.05) is 0 Å². The van der Waals surface area contributed by atoms with Crippen LogP contribution < -0.4 is 5.32 Å². The Bertz CT molecular complexity index is 430. The van der Waals surface area contributed by atoms with Crippen LogP contribution in [-0.2, 0) is 14.6 Å². The molecule has 17 heavy (non-hydrogen) atoms. The van der Waals surface area contributed by atoms with Crippen molar-refractivity contribution in [1.29, 1.82) is 5.26 Å². The molecule has 1 unspecified atom stereocenters. The first-order valence-electron chi connectivity index (χ1n) is 5.69. The predicted octanol–water partition coefficient (Wildman–Crippen LogP) is 0.620. The summed E-state index contributed by atoms with van der Waals surface area (Å²) in [5, 5.41) is 11.7. The number of amides is 1. The zero-order chi connectivity index (χ0) is 13.1. The van der Waals surface area contributed by atoms with Gasteiger partial charge in [-0.05, 0) is 19.8 Å². The molecular formula is C11H18N2O3S. The maximum atomic E-state index is 12.0. The summed E-state index contributed by atoms with van der Waals surface area (Å²) in [5.41, 5.74) is -0.939. The number of nitriles is 1. The van der Waals surface area contributed by atoms with Gasteiger partial charge in [-0.2, -0.15) is 5.26 Å². The van der Waals surface area contributed by atoms with E-state index in [2.05, 4.69) is 11.4 Å². The van der Waals surface area contributed by atoms with Gasteiger partial charge in [-0.1, -0.05) is 12.8 Å². The van der Waals surface area contributed by atoms with Crippen LogP contribution in [0.2, 0.25) is 0 Å². The highest BCUT2D eigenvalue weighted by molar-refractivity contribution is 7.90. The molecule has 1 atom stereocenters. The van der Waals surface area contributed by atoms with E-state index in [4.69, 9.17) is 5.26 Å². The smallest absolute Gasteiger partial charge is 0.240 e. The number of carbonyl (C=O) groups is 1. The Balaban J connectivity index is 2.63. The van der Waals surface area contributed by atoms with Gasteiger partial charge in [0.15, 0.2) is 0 Å². The molecule has 5 nitrogen and oxygen atoms in total. The third-order valence-corrected chi connectivity index (χ3v) is 4.14. The molecule has 0 saturated heterocycles. The van der Waals surface area contributed by atoms with Crippen molar-refractivity contribution in [2.45, 2.75) is 38.6 Å². The van der Waals surface area contributed by atoms with E-state index in [1.54, 1.807) is 6.92 Å². The quantitative estimate of drug-likeness (QED) is 0.800. The van der Waals surface area contributed by atoms with Gasteiger partial charge in [0.1, 0.15) is 15.3 Å². The fourth-order valence-corrected chi connectivity index (χ4v) is 3.22. The largest absolute Gasteiger partial charge is 0.351 e. The molecule has 1 fully saturated rings. The monoisotopic (exact) mass is 258 g/mol. The summed E-state index contributed by atoms with van der Waals surface area (Å²) >= 11 is 0. The average Bonchev–Trinajstić information content (AvgIpc) is 2.63. The number of nitrogens with one attached hydrogen (secondary N) is 1. The SMILES string of the molecule is CC(CS(C)(=O)=O)NC(=O)C1(C#N)CCCC1. The summed E-state index contributed by atoms with van der Waals surface area (Å²) in [4.78, 5) is 12.0. The lowest BCUT2D eigenvalue weighted by atomic mass is 9.87. The molecule has 1 aliphatic rings. The number of rotatable bonds is 4. The Morgan fingerprint density at radius 1 is 1.47 bits per heavy atom. The molecule has 0 aliphatic heterocycles. The molecule has 1 amide bonds. The second-order valence-electron chi connectivity index (χ2n) is 4.87. The van der Waals surface area contributed by atoms with Gasteiger partial charge in [0.2, 0.25) is 5.91 Å². The second kappa shape index (κ2) is 5.05. The van der Waals surface area contributed by atoms with Gasteiger partial charge in [-0.3, -0.25) is 4.79 Å². The highest BCUT2D eigenvalue weighted by atomic mass is 32.2. The van der Waals surface area contributed by atoms with Crippen molar-refractivity contribution >= 4 is 15.7 Å². The third kappa shape index (κ3) is 3.70. The molecule has 0 bridgehead atoms. The van der Waals surface area contributed by atoms with Crippen LogP contribution in [0.25, 0.3) is 0 Å². The molecule has 0 aromatic carbocycles. The number of carbonyl (C=O) groups excluding carboxylic acids is 1. The van der Waals surface area contributed by atoms with E-state index in [1.165, 1.54) is 0 Å². The van der Waals surface area contributed by atoms with Gasteiger partial charge in [0, 0.05) is 12.3 Å². The Morgan fingerprint density at radius 3 is 2.41 bits per heavy atom. The predicted molar refractivity (Wildman–Crippen MR) is 63.8 cm³/mol. The topological polar surface area (TPSA) is 87.0 Å². The molecule has 96 valence electrons. The van der Waals surface area contributed by atoms with Gasteiger partial charge in [0.05, 0.1) is 11.8 Å². The zero-order valence-electron chi connectivity index (χ0n) is 10.2. The van der Waals surface area contributed by atoms with E-state index in [0.717, 1.165) is 19.1 Å². The van der Waals surface area contributed by atoms with Crippen LogP contribution >= 0.6 is 0 Å². The summed E-state index contributed by atoms with van der Waals surface area (Å²) in [6.45, 7) is 1.64. The molecular weight excluding hydrogens is 240 g/mol. The summed E-state index contributed by atoms with van der Waals surface area (Å²) < 4.78 is 22.2. The summed E-state index contributed by atoms with van der Waals surface area (Å²) in [5.74, 6) is -0.422. The second-order valence-corrected chi connectivity index (χ2v) is 7.05. The molecule has 1 saturated carbocycles.